The largest absolute Gasteiger partial charge is 0.493 e. The second-order valence-corrected chi connectivity index (χ2v) is 7.40. The number of piperidine rings is 1. The average Bonchev–Trinajstić information content (AvgIpc) is 2.59. The summed E-state index contributed by atoms with van der Waals surface area (Å²) in [6.07, 6.45) is 3.59. The van der Waals surface area contributed by atoms with Gasteiger partial charge in [-0.05, 0) is 44.4 Å². The Morgan fingerprint density at radius 3 is 2.28 bits per heavy atom. The van der Waals surface area contributed by atoms with Crippen LogP contribution in [-0.4, -0.2) is 50.2 Å². The van der Waals surface area contributed by atoms with Crippen LogP contribution in [0.4, 0.5) is 0 Å². The van der Waals surface area contributed by atoms with Crippen molar-refractivity contribution < 1.29 is 14.3 Å². The number of carbonyl (C=O) groups is 1. The molecule has 0 aromatic heterocycles. The Balaban J connectivity index is 0.00000225. The lowest BCUT2D eigenvalue weighted by Gasteiger charge is -2.44. The number of hydrogen-bond donors (Lipinski definition) is 1. The van der Waals surface area contributed by atoms with Gasteiger partial charge in [-0.1, -0.05) is 12.5 Å². The number of methoxy groups -OCH3 is 2. The molecule has 140 valence electrons. The summed E-state index contributed by atoms with van der Waals surface area (Å²) in [7, 11) is 3.24. The monoisotopic (exact) mass is 368 g/mol. The summed E-state index contributed by atoms with van der Waals surface area (Å²) in [6.45, 7) is 5.61. The normalized spacial score (nSPS) is 22.8. The van der Waals surface area contributed by atoms with Crippen LogP contribution in [0.5, 0.6) is 11.5 Å². The highest BCUT2D eigenvalue weighted by Crippen LogP contribution is 2.35. The molecule has 0 saturated carbocycles. The summed E-state index contributed by atoms with van der Waals surface area (Å²) in [5.41, 5.74) is 0.361. The number of fused-ring (bicyclic) bond motifs is 2. The molecule has 1 N–H and O–H groups in total. The molecule has 2 aliphatic rings. The number of piperazine rings is 1. The van der Waals surface area contributed by atoms with Crippen molar-refractivity contribution in [2.24, 2.45) is 0 Å². The number of ether oxygens (including phenoxy) is 2. The predicted octanol–water partition coefficient (Wildman–Crippen LogP) is 2.76. The molecule has 2 aliphatic heterocycles. The fourth-order valence-electron chi connectivity index (χ4n) is 3.91. The van der Waals surface area contributed by atoms with Gasteiger partial charge in [-0.25, -0.2) is 0 Å². The molecule has 0 spiro atoms. The first kappa shape index (κ1) is 19.9. The first-order valence-electron chi connectivity index (χ1n) is 8.73. The Labute approximate surface area is 156 Å². The zero-order valence-electron chi connectivity index (χ0n) is 15.5. The molecule has 6 heteroatoms. The molecule has 0 radical (unpaired) electrons. The third-order valence-corrected chi connectivity index (χ3v) is 5.39. The van der Waals surface area contributed by atoms with Crippen molar-refractivity contribution in [3.8, 4) is 11.5 Å². The maximum absolute atomic E-state index is 13.2. The fourth-order valence-corrected chi connectivity index (χ4v) is 3.91. The number of rotatable bonds is 4. The van der Waals surface area contributed by atoms with Crippen molar-refractivity contribution in [3.63, 3.8) is 0 Å². The minimum atomic E-state index is -0.592. The Morgan fingerprint density at radius 2 is 1.72 bits per heavy atom. The van der Waals surface area contributed by atoms with Crippen LogP contribution >= 0.6 is 12.4 Å². The van der Waals surface area contributed by atoms with Crippen LogP contribution in [-0.2, 0) is 10.2 Å². The third kappa shape index (κ3) is 3.87. The molecule has 5 nitrogen and oxygen atoms in total. The predicted molar refractivity (Wildman–Crippen MR) is 101 cm³/mol. The highest BCUT2D eigenvalue weighted by Gasteiger charge is 2.39. The summed E-state index contributed by atoms with van der Waals surface area (Å²) in [5.74, 6) is 1.53. The number of nitrogens with zero attached hydrogens (tertiary/aromatic N) is 1. The molecule has 2 saturated heterocycles. The summed E-state index contributed by atoms with van der Waals surface area (Å²) in [5, 5.41) is 3.63. The quantitative estimate of drug-likeness (QED) is 0.887. The van der Waals surface area contributed by atoms with E-state index in [2.05, 4.69) is 5.32 Å². The van der Waals surface area contributed by atoms with Crippen molar-refractivity contribution in [2.75, 3.05) is 27.3 Å². The molecule has 1 aromatic carbocycles. The number of amides is 1. The summed E-state index contributed by atoms with van der Waals surface area (Å²) < 4.78 is 10.7. The summed E-state index contributed by atoms with van der Waals surface area (Å²) >= 11 is 0. The number of hydrogen-bond acceptors (Lipinski definition) is 4. The van der Waals surface area contributed by atoms with E-state index in [0.29, 0.717) is 23.6 Å². The van der Waals surface area contributed by atoms with Gasteiger partial charge in [-0.2, -0.15) is 0 Å². The van der Waals surface area contributed by atoms with Crippen LogP contribution in [0.15, 0.2) is 18.2 Å². The minimum absolute atomic E-state index is 0. The highest BCUT2D eigenvalue weighted by molar-refractivity contribution is 5.88. The first-order chi connectivity index (χ1) is 11.5. The molecule has 25 heavy (non-hydrogen) atoms. The van der Waals surface area contributed by atoms with E-state index in [9.17, 15) is 4.79 Å². The second kappa shape index (κ2) is 7.83. The lowest BCUT2D eigenvalue weighted by molar-refractivity contribution is -0.138. The maximum atomic E-state index is 13.2. The van der Waals surface area contributed by atoms with E-state index in [1.54, 1.807) is 14.2 Å². The fraction of sp³-hybridized carbons (Fsp3) is 0.632. The Hall–Kier alpha value is -1.46. The Kier molecular flexibility index (Phi) is 6.22. The molecule has 2 atom stereocenters. The van der Waals surface area contributed by atoms with Crippen molar-refractivity contribution in [1.82, 2.24) is 10.2 Å². The molecule has 2 fully saturated rings. The van der Waals surface area contributed by atoms with E-state index in [1.807, 2.05) is 36.9 Å². The lowest BCUT2D eigenvalue weighted by Crippen LogP contribution is -2.62. The number of benzene rings is 1. The van der Waals surface area contributed by atoms with Crippen molar-refractivity contribution in [3.05, 3.63) is 23.8 Å². The van der Waals surface area contributed by atoms with E-state index < -0.39 is 5.41 Å². The number of nitrogens with one attached hydrogen (secondary N) is 1. The Bertz CT molecular complexity index is 609. The van der Waals surface area contributed by atoms with E-state index in [4.69, 9.17) is 9.47 Å². The van der Waals surface area contributed by atoms with Crippen LogP contribution in [0.2, 0.25) is 0 Å². The summed E-state index contributed by atoms with van der Waals surface area (Å²) in [4.78, 5) is 15.3. The number of likely N-dealkylation sites (tertiary alicyclic amines) is 1. The molecule has 2 unspecified atom stereocenters. The van der Waals surface area contributed by atoms with Gasteiger partial charge in [0.05, 0.1) is 19.6 Å². The highest BCUT2D eigenvalue weighted by atomic mass is 35.5. The van der Waals surface area contributed by atoms with Gasteiger partial charge in [-0.3, -0.25) is 4.79 Å². The van der Waals surface area contributed by atoms with Gasteiger partial charge in [0.2, 0.25) is 5.91 Å². The van der Waals surface area contributed by atoms with E-state index >= 15 is 0 Å². The van der Waals surface area contributed by atoms with Crippen molar-refractivity contribution in [1.29, 1.82) is 0 Å². The molecule has 1 aromatic rings. The lowest BCUT2D eigenvalue weighted by atomic mass is 9.82. The van der Waals surface area contributed by atoms with Crippen LogP contribution < -0.4 is 14.8 Å². The van der Waals surface area contributed by atoms with Gasteiger partial charge >= 0.3 is 0 Å². The molecule has 3 rings (SSSR count). The smallest absolute Gasteiger partial charge is 0.232 e. The van der Waals surface area contributed by atoms with E-state index in [-0.39, 0.29) is 18.3 Å². The zero-order valence-corrected chi connectivity index (χ0v) is 16.3. The topological polar surface area (TPSA) is 50.8 Å². The summed E-state index contributed by atoms with van der Waals surface area (Å²) in [6, 6.07) is 6.64. The molecule has 0 aliphatic carbocycles. The third-order valence-electron chi connectivity index (χ3n) is 5.39. The van der Waals surface area contributed by atoms with Gasteiger partial charge in [0.15, 0.2) is 11.5 Å². The standard InChI is InChI=1S/C19H28N2O3.ClH/c1-19(2,13-8-9-16(23-3)17(10-13)24-4)18(22)21-11-14-6-5-7-15(12-21)20-14;/h8-10,14-15,20H,5-7,11-12H2,1-4H3;1H. The van der Waals surface area contributed by atoms with Gasteiger partial charge in [0, 0.05) is 25.2 Å². The zero-order chi connectivity index (χ0) is 17.3. The second-order valence-electron chi connectivity index (χ2n) is 7.40. The van der Waals surface area contributed by atoms with Crippen molar-refractivity contribution in [2.45, 2.75) is 50.6 Å². The van der Waals surface area contributed by atoms with Gasteiger partial charge in [0.25, 0.3) is 0 Å². The van der Waals surface area contributed by atoms with Gasteiger partial charge in [0.1, 0.15) is 0 Å². The number of halogens is 1. The molecule has 2 bridgehead atoms. The number of carbonyl (C=O) groups excluding carboxylic acids is 1. The maximum Gasteiger partial charge on any atom is 0.232 e. The van der Waals surface area contributed by atoms with Gasteiger partial charge in [-0.15, -0.1) is 12.4 Å². The first-order valence-corrected chi connectivity index (χ1v) is 8.73. The minimum Gasteiger partial charge on any atom is -0.493 e. The SMILES string of the molecule is COc1ccc(C(C)(C)C(=O)N2CC3CCCC(C2)N3)cc1OC.Cl. The van der Waals surface area contributed by atoms with Crippen LogP contribution in [0.25, 0.3) is 0 Å². The molecule has 2 heterocycles. The van der Waals surface area contributed by atoms with Crippen LogP contribution in [0.3, 0.4) is 0 Å². The van der Waals surface area contributed by atoms with Crippen LogP contribution in [0, 0.1) is 0 Å². The van der Waals surface area contributed by atoms with E-state index in [1.165, 1.54) is 6.42 Å². The van der Waals surface area contributed by atoms with Crippen molar-refractivity contribution >= 4 is 18.3 Å². The van der Waals surface area contributed by atoms with E-state index in [0.717, 1.165) is 31.5 Å². The molecular formula is C19H29ClN2O3. The molecule has 1 amide bonds. The molecular weight excluding hydrogens is 340 g/mol. The van der Waals surface area contributed by atoms with Gasteiger partial charge < -0.3 is 19.7 Å². The van der Waals surface area contributed by atoms with Crippen LogP contribution in [0.1, 0.15) is 38.7 Å². The Morgan fingerprint density at radius 1 is 1.12 bits per heavy atom. The average molecular weight is 369 g/mol.